The Morgan fingerprint density at radius 2 is 1.77 bits per heavy atom. The van der Waals surface area contributed by atoms with Gasteiger partial charge in [0.15, 0.2) is 11.6 Å². The highest BCUT2D eigenvalue weighted by atomic mass is 19.2. The molecule has 1 saturated heterocycles. The number of hydrogen-bond donors (Lipinski definition) is 3. The number of amides is 3. The maximum atomic E-state index is 13.7. The van der Waals surface area contributed by atoms with E-state index < -0.39 is 35.7 Å². The Hall–Kier alpha value is -3.00. The number of β-amino-alcohol motifs (C(OH)–C–C–N with tert-alkyl or cyclic N) is 1. The van der Waals surface area contributed by atoms with Crippen LogP contribution in [0.4, 0.5) is 25.0 Å². The van der Waals surface area contributed by atoms with Crippen LogP contribution in [-0.2, 0) is 4.79 Å². The Bertz CT molecular complexity index is 817. The normalized spacial score (nSPS) is 19.3. The van der Waals surface area contributed by atoms with Gasteiger partial charge in [-0.25, -0.2) is 13.6 Å². The summed E-state index contributed by atoms with van der Waals surface area (Å²) < 4.78 is 27.0. The van der Waals surface area contributed by atoms with Crippen LogP contribution < -0.4 is 10.6 Å². The number of benzene rings is 2. The highest BCUT2D eigenvalue weighted by Crippen LogP contribution is 2.23. The molecule has 8 heteroatoms. The third kappa shape index (κ3) is 3.80. The topological polar surface area (TPSA) is 81.7 Å². The van der Waals surface area contributed by atoms with E-state index in [-0.39, 0.29) is 18.7 Å². The highest BCUT2D eigenvalue weighted by molar-refractivity contribution is 5.99. The minimum absolute atomic E-state index is 0.00494. The number of carbonyl (C=O) groups is 2. The first-order valence-electron chi connectivity index (χ1n) is 8.01. The Balaban J connectivity index is 1.73. The van der Waals surface area contributed by atoms with Crippen LogP contribution in [0.25, 0.3) is 0 Å². The van der Waals surface area contributed by atoms with Crippen molar-refractivity contribution in [2.24, 2.45) is 0 Å². The Kier molecular flexibility index (Phi) is 5.13. The second kappa shape index (κ2) is 7.49. The molecule has 26 heavy (non-hydrogen) atoms. The number of para-hydroxylation sites is 1. The molecule has 2 atom stereocenters. The second-order valence-corrected chi connectivity index (χ2v) is 5.94. The minimum atomic E-state index is -1.18. The Morgan fingerprint density at radius 1 is 1.04 bits per heavy atom. The lowest BCUT2D eigenvalue weighted by molar-refractivity contribution is -0.119. The quantitative estimate of drug-likeness (QED) is 0.786. The molecule has 6 nitrogen and oxygen atoms in total. The van der Waals surface area contributed by atoms with E-state index >= 15 is 0 Å². The molecule has 136 valence electrons. The lowest BCUT2D eigenvalue weighted by atomic mass is 10.1. The van der Waals surface area contributed by atoms with Gasteiger partial charge in [-0.05, 0) is 24.3 Å². The van der Waals surface area contributed by atoms with E-state index in [0.29, 0.717) is 5.69 Å². The number of urea groups is 1. The number of likely N-dealkylation sites (tertiary alicyclic amines) is 1. The van der Waals surface area contributed by atoms with Crippen molar-refractivity contribution in [3.8, 4) is 0 Å². The van der Waals surface area contributed by atoms with Gasteiger partial charge in [0, 0.05) is 18.7 Å². The van der Waals surface area contributed by atoms with Crippen molar-refractivity contribution in [3.63, 3.8) is 0 Å². The van der Waals surface area contributed by atoms with Gasteiger partial charge in [-0.1, -0.05) is 24.3 Å². The van der Waals surface area contributed by atoms with Crippen LogP contribution in [0.15, 0.2) is 48.5 Å². The summed E-state index contributed by atoms with van der Waals surface area (Å²) in [7, 11) is 0. The average molecular weight is 361 g/mol. The first-order chi connectivity index (χ1) is 12.5. The van der Waals surface area contributed by atoms with Crippen LogP contribution >= 0.6 is 0 Å². The van der Waals surface area contributed by atoms with E-state index in [2.05, 4.69) is 10.6 Å². The lowest BCUT2D eigenvalue weighted by Crippen LogP contribution is -2.45. The van der Waals surface area contributed by atoms with Crippen LogP contribution in [0.5, 0.6) is 0 Å². The molecule has 3 amide bonds. The van der Waals surface area contributed by atoms with Crippen LogP contribution in [0.1, 0.15) is 6.42 Å². The van der Waals surface area contributed by atoms with Gasteiger partial charge in [0.1, 0.15) is 6.04 Å². The Labute approximate surface area is 148 Å². The van der Waals surface area contributed by atoms with Crippen LogP contribution in [0.2, 0.25) is 0 Å². The number of nitrogens with zero attached hydrogens (tertiary/aromatic N) is 1. The van der Waals surface area contributed by atoms with E-state index in [4.69, 9.17) is 0 Å². The minimum Gasteiger partial charge on any atom is -0.391 e. The molecular formula is C18H17F2N3O3. The number of hydrogen-bond acceptors (Lipinski definition) is 3. The molecule has 1 aliphatic rings. The summed E-state index contributed by atoms with van der Waals surface area (Å²) in [5.74, 6) is -2.97. The molecule has 0 aromatic heterocycles. The maximum absolute atomic E-state index is 13.7. The van der Waals surface area contributed by atoms with Crippen molar-refractivity contribution in [1.82, 2.24) is 4.90 Å². The van der Waals surface area contributed by atoms with Crippen molar-refractivity contribution in [3.05, 3.63) is 60.2 Å². The molecule has 1 heterocycles. The molecule has 2 aromatic rings. The summed E-state index contributed by atoms with van der Waals surface area (Å²) in [6.07, 6.45) is -0.880. The number of carbonyl (C=O) groups excluding carboxylic acids is 2. The summed E-state index contributed by atoms with van der Waals surface area (Å²) in [4.78, 5) is 26.1. The summed E-state index contributed by atoms with van der Waals surface area (Å²) in [6, 6.07) is 10.5. The fraction of sp³-hybridized carbons (Fsp3) is 0.222. The fourth-order valence-electron chi connectivity index (χ4n) is 2.82. The summed E-state index contributed by atoms with van der Waals surface area (Å²) >= 11 is 0. The van der Waals surface area contributed by atoms with Crippen molar-refractivity contribution >= 4 is 23.3 Å². The molecule has 1 aliphatic heterocycles. The first kappa shape index (κ1) is 17.8. The molecule has 0 spiro atoms. The molecular weight excluding hydrogens is 344 g/mol. The van der Waals surface area contributed by atoms with Crippen LogP contribution in [-0.4, -0.2) is 40.6 Å². The monoisotopic (exact) mass is 361 g/mol. The number of nitrogens with one attached hydrogen (secondary N) is 2. The van der Waals surface area contributed by atoms with Crippen LogP contribution in [0, 0.1) is 11.6 Å². The highest BCUT2D eigenvalue weighted by Gasteiger charge is 2.39. The Morgan fingerprint density at radius 3 is 2.50 bits per heavy atom. The summed E-state index contributed by atoms with van der Waals surface area (Å²) in [5.41, 5.74) is 0.217. The van der Waals surface area contributed by atoms with Gasteiger partial charge < -0.3 is 20.6 Å². The largest absolute Gasteiger partial charge is 0.391 e. The maximum Gasteiger partial charge on any atom is 0.322 e. The number of aliphatic hydroxyl groups excluding tert-OH is 1. The van der Waals surface area contributed by atoms with Crippen molar-refractivity contribution in [2.75, 3.05) is 17.2 Å². The molecule has 0 unspecified atom stereocenters. The van der Waals surface area contributed by atoms with Gasteiger partial charge in [-0.3, -0.25) is 4.79 Å². The van der Waals surface area contributed by atoms with Gasteiger partial charge in [0.25, 0.3) is 0 Å². The van der Waals surface area contributed by atoms with E-state index in [0.717, 1.165) is 6.07 Å². The van der Waals surface area contributed by atoms with Gasteiger partial charge in [-0.2, -0.15) is 0 Å². The van der Waals surface area contributed by atoms with E-state index in [1.54, 1.807) is 30.3 Å². The second-order valence-electron chi connectivity index (χ2n) is 5.94. The summed E-state index contributed by atoms with van der Waals surface area (Å²) in [5, 5.41) is 14.8. The lowest BCUT2D eigenvalue weighted by Gasteiger charge is -2.24. The predicted octanol–water partition coefficient (Wildman–Crippen LogP) is 2.57. The zero-order valence-corrected chi connectivity index (χ0v) is 13.7. The predicted molar refractivity (Wildman–Crippen MR) is 91.6 cm³/mol. The number of anilines is 2. The molecule has 0 bridgehead atoms. The van der Waals surface area contributed by atoms with Gasteiger partial charge in [0.05, 0.1) is 11.8 Å². The molecule has 3 rings (SSSR count). The van der Waals surface area contributed by atoms with Crippen LogP contribution in [0.3, 0.4) is 0 Å². The van der Waals surface area contributed by atoms with Crippen molar-refractivity contribution in [2.45, 2.75) is 18.6 Å². The molecule has 0 radical (unpaired) electrons. The molecule has 0 saturated carbocycles. The zero-order chi connectivity index (χ0) is 18.7. The molecule has 0 aliphatic carbocycles. The SMILES string of the molecule is O=C(Nc1cccc(F)c1F)[C@@H]1C[C@H](O)CN1C(=O)Nc1ccccc1. The number of aliphatic hydroxyl groups is 1. The van der Waals surface area contributed by atoms with Gasteiger partial charge in [0.2, 0.25) is 5.91 Å². The average Bonchev–Trinajstić information content (AvgIpc) is 3.02. The van der Waals surface area contributed by atoms with E-state index in [1.165, 1.54) is 17.0 Å². The van der Waals surface area contributed by atoms with Gasteiger partial charge >= 0.3 is 6.03 Å². The van der Waals surface area contributed by atoms with Crippen molar-refractivity contribution < 1.29 is 23.5 Å². The number of rotatable bonds is 3. The van der Waals surface area contributed by atoms with Gasteiger partial charge in [-0.15, -0.1) is 0 Å². The van der Waals surface area contributed by atoms with E-state index in [9.17, 15) is 23.5 Å². The van der Waals surface area contributed by atoms with Crippen molar-refractivity contribution in [1.29, 1.82) is 0 Å². The van der Waals surface area contributed by atoms with E-state index in [1.807, 2.05) is 0 Å². The smallest absolute Gasteiger partial charge is 0.322 e. The number of halogens is 2. The fourth-order valence-corrected chi connectivity index (χ4v) is 2.82. The third-order valence-corrected chi connectivity index (χ3v) is 4.08. The molecule has 2 aromatic carbocycles. The third-order valence-electron chi connectivity index (χ3n) is 4.08. The summed E-state index contributed by atoms with van der Waals surface area (Å²) in [6.45, 7) is -0.0393. The standard InChI is InChI=1S/C18H17F2N3O3/c19-13-7-4-8-14(16(13)20)22-17(25)15-9-12(24)10-23(15)18(26)21-11-5-2-1-3-6-11/h1-8,12,15,24H,9-10H2,(H,21,26)(H,22,25)/t12-,15-/m0/s1. The zero-order valence-electron chi connectivity index (χ0n) is 13.7. The molecule has 1 fully saturated rings. The molecule has 3 N–H and O–H groups in total. The first-order valence-corrected chi connectivity index (χ1v) is 8.01.